The Morgan fingerprint density at radius 1 is 1.29 bits per heavy atom. The van der Waals surface area contributed by atoms with Crippen molar-refractivity contribution in [3.63, 3.8) is 0 Å². The number of aromatic nitrogens is 1. The molecule has 0 amide bonds. The second-order valence-electron chi connectivity index (χ2n) is 4.52. The van der Waals surface area contributed by atoms with Crippen molar-refractivity contribution >= 4 is 10.9 Å². The monoisotopic (exact) mass is 231 g/mol. The van der Waals surface area contributed by atoms with Crippen LogP contribution in [0, 0.1) is 6.92 Å². The van der Waals surface area contributed by atoms with Crippen molar-refractivity contribution in [1.82, 2.24) is 4.57 Å². The zero-order chi connectivity index (χ0) is 12.3. The Morgan fingerprint density at radius 3 is 2.82 bits per heavy atom. The Kier molecular flexibility index (Phi) is 3.85. The summed E-state index contributed by atoms with van der Waals surface area (Å²) in [7, 11) is 1.76. The van der Waals surface area contributed by atoms with Crippen molar-refractivity contribution in [3.8, 4) is 0 Å². The molecule has 0 radical (unpaired) electrons. The van der Waals surface area contributed by atoms with E-state index in [4.69, 9.17) is 4.74 Å². The summed E-state index contributed by atoms with van der Waals surface area (Å²) in [5.41, 5.74) is 4.20. The Balaban J connectivity index is 2.40. The Bertz CT molecular complexity index is 499. The largest absolute Gasteiger partial charge is 0.385 e. The van der Waals surface area contributed by atoms with Crippen molar-refractivity contribution in [1.29, 1.82) is 0 Å². The number of ether oxygens (including phenoxy) is 1. The van der Waals surface area contributed by atoms with Gasteiger partial charge >= 0.3 is 0 Å². The summed E-state index contributed by atoms with van der Waals surface area (Å²) in [5.74, 6) is 0. The number of nitrogens with zero attached hydrogens (tertiary/aromatic N) is 1. The molecule has 2 nitrogen and oxygen atoms in total. The molecule has 92 valence electrons. The van der Waals surface area contributed by atoms with Gasteiger partial charge in [-0.1, -0.05) is 25.1 Å². The second kappa shape index (κ2) is 5.37. The third-order valence-corrected chi connectivity index (χ3v) is 3.31. The molecular weight excluding hydrogens is 210 g/mol. The Hall–Kier alpha value is -1.28. The van der Waals surface area contributed by atoms with Gasteiger partial charge in [-0.05, 0) is 30.9 Å². The van der Waals surface area contributed by atoms with Crippen LogP contribution in [-0.4, -0.2) is 18.3 Å². The number of methoxy groups -OCH3 is 1. The highest BCUT2D eigenvalue weighted by Gasteiger charge is 2.08. The van der Waals surface area contributed by atoms with Crippen LogP contribution in [0.25, 0.3) is 10.9 Å². The van der Waals surface area contributed by atoms with Crippen LogP contribution in [-0.2, 0) is 17.7 Å². The smallest absolute Gasteiger partial charge is 0.0512 e. The van der Waals surface area contributed by atoms with Crippen LogP contribution in [0.1, 0.15) is 24.5 Å². The third-order valence-electron chi connectivity index (χ3n) is 3.31. The number of hydrogen-bond donors (Lipinski definition) is 0. The summed E-state index contributed by atoms with van der Waals surface area (Å²) in [5, 5.41) is 1.41. The number of aryl methyl sites for hydroxylation is 3. The van der Waals surface area contributed by atoms with Gasteiger partial charge in [0.2, 0.25) is 0 Å². The van der Waals surface area contributed by atoms with E-state index >= 15 is 0 Å². The molecule has 0 aliphatic rings. The predicted octanol–water partition coefficient (Wildman–Crippen LogP) is 3.55. The number of para-hydroxylation sites is 1. The van der Waals surface area contributed by atoms with Crippen LogP contribution in [0.3, 0.4) is 0 Å². The molecule has 0 fully saturated rings. The van der Waals surface area contributed by atoms with Gasteiger partial charge in [0.25, 0.3) is 0 Å². The maximum Gasteiger partial charge on any atom is 0.0512 e. The predicted molar refractivity (Wildman–Crippen MR) is 72.5 cm³/mol. The molecular formula is C15H21NO. The Labute approximate surface area is 103 Å². The second-order valence-corrected chi connectivity index (χ2v) is 4.52. The van der Waals surface area contributed by atoms with Crippen molar-refractivity contribution in [2.45, 2.75) is 33.2 Å². The minimum atomic E-state index is 0.826. The minimum Gasteiger partial charge on any atom is -0.385 e. The van der Waals surface area contributed by atoms with E-state index in [1.54, 1.807) is 7.11 Å². The molecule has 17 heavy (non-hydrogen) atoms. The summed E-state index contributed by atoms with van der Waals surface area (Å²) in [6.07, 6.45) is 4.46. The summed E-state index contributed by atoms with van der Waals surface area (Å²) < 4.78 is 7.50. The van der Waals surface area contributed by atoms with Gasteiger partial charge in [0, 0.05) is 31.8 Å². The van der Waals surface area contributed by atoms with Crippen LogP contribution in [0.5, 0.6) is 0 Å². The lowest BCUT2D eigenvalue weighted by atomic mass is 10.1. The molecule has 2 aromatic rings. The van der Waals surface area contributed by atoms with Gasteiger partial charge in [-0.25, -0.2) is 0 Å². The SMILES string of the molecule is CCc1cn(CCCOC)c2c(C)cccc12. The standard InChI is InChI=1S/C15H21NO/c1-4-13-11-16(9-6-10-17-3)15-12(2)7-5-8-14(13)15/h5,7-8,11H,4,6,9-10H2,1-3H3. The highest BCUT2D eigenvalue weighted by atomic mass is 16.5. The van der Waals surface area contributed by atoms with E-state index in [-0.39, 0.29) is 0 Å². The molecule has 1 aromatic heterocycles. The molecule has 0 bridgehead atoms. The van der Waals surface area contributed by atoms with Gasteiger partial charge in [0.05, 0.1) is 5.52 Å². The van der Waals surface area contributed by atoms with E-state index in [1.807, 2.05) is 0 Å². The molecule has 0 N–H and O–H groups in total. The zero-order valence-electron chi connectivity index (χ0n) is 11.0. The van der Waals surface area contributed by atoms with Gasteiger partial charge < -0.3 is 9.30 Å². The van der Waals surface area contributed by atoms with E-state index in [1.165, 1.54) is 22.0 Å². The molecule has 0 atom stereocenters. The molecule has 1 aromatic carbocycles. The molecule has 0 aliphatic carbocycles. The average Bonchev–Trinajstić information content (AvgIpc) is 2.69. The normalized spacial score (nSPS) is 11.2. The quantitative estimate of drug-likeness (QED) is 0.718. The molecule has 1 heterocycles. The lowest BCUT2D eigenvalue weighted by Gasteiger charge is -2.06. The molecule has 2 heteroatoms. The first-order valence-corrected chi connectivity index (χ1v) is 6.34. The number of rotatable bonds is 5. The van der Waals surface area contributed by atoms with Crippen molar-refractivity contribution in [2.24, 2.45) is 0 Å². The van der Waals surface area contributed by atoms with Gasteiger partial charge in [0.15, 0.2) is 0 Å². The minimum absolute atomic E-state index is 0.826. The van der Waals surface area contributed by atoms with E-state index in [0.717, 1.165) is 26.0 Å². The maximum atomic E-state index is 5.13. The molecule has 0 unspecified atom stereocenters. The van der Waals surface area contributed by atoms with Crippen LogP contribution in [0.4, 0.5) is 0 Å². The lowest BCUT2D eigenvalue weighted by Crippen LogP contribution is -2.00. The van der Waals surface area contributed by atoms with Gasteiger partial charge in [-0.3, -0.25) is 0 Å². The third kappa shape index (κ3) is 2.37. The Morgan fingerprint density at radius 2 is 2.12 bits per heavy atom. The van der Waals surface area contributed by atoms with Gasteiger partial charge in [-0.15, -0.1) is 0 Å². The fourth-order valence-corrected chi connectivity index (χ4v) is 2.46. The summed E-state index contributed by atoms with van der Waals surface area (Å²) in [6, 6.07) is 6.57. The topological polar surface area (TPSA) is 14.2 Å². The molecule has 2 rings (SSSR count). The molecule has 0 spiro atoms. The number of benzene rings is 1. The molecule has 0 aliphatic heterocycles. The van der Waals surface area contributed by atoms with Crippen molar-refractivity contribution in [2.75, 3.05) is 13.7 Å². The fraction of sp³-hybridized carbons (Fsp3) is 0.467. The van der Waals surface area contributed by atoms with Crippen LogP contribution in [0.15, 0.2) is 24.4 Å². The summed E-state index contributed by atoms with van der Waals surface area (Å²) in [6.45, 7) is 6.27. The van der Waals surface area contributed by atoms with E-state index < -0.39 is 0 Å². The van der Waals surface area contributed by atoms with Gasteiger partial charge in [-0.2, -0.15) is 0 Å². The molecule has 0 saturated carbocycles. The summed E-state index contributed by atoms with van der Waals surface area (Å²) >= 11 is 0. The van der Waals surface area contributed by atoms with Crippen molar-refractivity contribution < 1.29 is 4.74 Å². The van der Waals surface area contributed by atoms with Crippen LogP contribution < -0.4 is 0 Å². The first-order valence-electron chi connectivity index (χ1n) is 6.34. The zero-order valence-corrected chi connectivity index (χ0v) is 11.0. The maximum absolute atomic E-state index is 5.13. The van der Waals surface area contributed by atoms with E-state index in [9.17, 15) is 0 Å². The average molecular weight is 231 g/mol. The van der Waals surface area contributed by atoms with Gasteiger partial charge in [0.1, 0.15) is 0 Å². The van der Waals surface area contributed by atoms with Crippen molar-refractivity contribution in [3.05, 3.63) is 35.5 Å². The highest BCUT2D eigenvalue weighted by Crippen LogP contribution is 2.25. The number of hydrogen-bond acceptors (Lipinski definition) is 1. The number of fused-ring (bicyclic) bond motifs is 1. The van der Waals surface area contributed by atoms with Crippen LogP contribution in [0.2, 0.25) is 0 Å². The van der Waals surface area contributed by atoms with E-state index in [0.29, 0.717) is 0 Å². The van der Waals surface area contributed by atoms with E-state index in [2.05, 4.69) is 42.8 Å². The fourth-order valence-electron chi connectivity index (χ4n) is 2.46. The molecule has 0 saturated heterocycles. The first kappa shape index (κ1) is 12.2. The lowest BCUT2D eigenvalue weighted by molar-refractivity contribution is 0.190. The van der Waals surface area contributed by atoms with Crippen LogP contribution >= 0.6 is 0 Å². The first-order chi connectivity index (χ1) is 8.27. The summed E-state index contributed by atoms with van der Waals surface area (Å²) in [4.78, 5) is 0. The highest BCUT2D eigenvalue weighted by molar-refractivity contribution is 5.86.